The molecular weight excluding hydrogens is 291 g/mol. The Hall–Kier alpha value is -0.420. The minimum Gasteiger partial charge on any atom is -0.326 e. The fraction of sp³-hybridized carbons (Fsp3) is 0.417. The van der Waals surface area contributed by atoms with Crippen LogP contribution in [0.2, 0.25) is 5.02 Å². The lowest BCUT2D eigenvalue weighted by atomic mass is 10.1. The largest absolute Gasteiger partial charge is 0.326 e. The third kappa shape index (κ3) is 5.06. The van der Waals surface area contributed by atoms with Gasteiger partial charge in [-0.3, -0.25) is 4.79 Å². The lowest BCUT2D eigenvalue weighted by molar-refractivity contribution is -0.119. The van der Waals surface area contributed by atoms with Crippen molar-refractivity contribution in [2.24, 2.45) is 5.92 Å². The molecule has 0 aliphatic rings. The molecule has 0 saturated carbocycles. The van der Waals surface area contributed by atoms with E-state index in [1.807, 2.05) is 32.4 Å². The summed E-state index contributed by atoms with van der Waals surface area (Å²) in [4.78, 5) is 12.8. The van der Waals surface area contributed by atoms with Gasteiger partial charge in [0.05, 0.1) is 5.02 Å². The average molecular weight is 309 g/mol. The number of amides is 1. The molecule has 0 fully saturated rings. The first kappa shape index (κ1) is 17.6. The summed E-state index contributed by atoms with van der Waals surface area (Å²) in [5.41, 5.74) is 0.737. The number of carbonyl (C=O) groups excluding carboxylic acids is 1. The normalized spacial score (nSPS) is 11.6. The Balaban J connectivity index is 0.00000289. The molecule has 1 aromatic carbocycles. The van der Waals surface area contributed by atoms with Gasteiger partial charge in [0.2, 0.25) is 5.91 Å². The van der Waals surface area contributed by atoms with Gasteiger partial charge in [-0.2, -0.15) is 0 Å². The first-order valence-electron chi connectivity index (χ1n) is 5.37. The standard InChI is InChI=1S/C12H17ClN2OS.ClH/c1-8(7-14-2)12(16)15-9-4-5-11(17-3)10(13)6-9;/h4-6,8,14H,7H2,1-3H3,(H,15,16);1H. The highest BCUT2D eigenvalue weighted by atomic mass is 35.5. The van der Waals surface area contributed by atoms with Gasteiger partial charge in [0.15, 0.2) is 0 Å². The molecule has 0 spiro atoms. The van der Waals surface area contributed by atoms with E-state index < -0.39 is 0 Å². The van der Waals surface area contributed by atoms with Crippen molar-refractivity contribution in [3.63, 3.8) is 0 Å². The highest BCUT2D eigenvalue weighted by molar-refractivity contribution is 7.98. The second-order valence-electron chi connectivity index (χ2n) is 3.80. The molecule has 0 aromatic heterocycles. The van der Waals surface area contributed by atoms with Gasteiger partial charge < -0.3 is 10.6 Å². The van der Waals surface area contributed by atoms with Crippen molar-refractivity contribution in [2.45, 2.75) is 11.8 Å². The van der Waals surface area contributed by atoms with Gasteiger partial charge in [-0.25, -0.2) is 0 Å². The highest BCUT2D eigenvalue weighted by Crippen LogP contribution is 2.28. The first-order valence-corrected chi connectivity index (χ1v) is 6.97. The number of carbonyl (C=O) groups is 1. The number of benzene rings is 1. The Kier molecular flexibility index (Phi) is 8.44. The summed E-state index contributed by atoms with van der Waals surface area (Å²) in [5.74, 6) is -0.0775. The molecular formula is C12H18Cl2N2OS. The van der Waals surface area contributed by atoms with Gasteiger partial charge in [0.25, 0.3) is 0 Å². The quantitative estimate of drug-likeness (QED) is 0.820. The van der Waals surface area contributed by atoms with E-state index in [4.69, 9.17) is 11.6 Å². The maximum Gasteiger partial charge on any atom is 0.228 e. The first-order chi connectivity index (χ1) is 8.08. The van der Waals surface area contributed by atoms with E-state index in [1.54, 1.807) is 17.8 Å². The lowest BCUT2D eigenvalue weighted by Crippen LogP contribution is -2.28. The van der Waals surface area contributed by atoms with Crippen LogP contribution < -0.4 is 10.6 Å². The molecule has 3 nitrogen and oxygen atoms in total. The van der Waals surface area contributed by atoms with Crippen molar-refractivity contribution < 1.29 is 4.79 Å². The zero-order valence-electron chi connectivity index (χ0n) is 10.6. The zero-order valence-corrected chi connectivity index (χ0v) is 13.0. The van der Waals surface area contributed by atoms with Crippen molar-refractivity contribution in [1.29, 1.82) is 0 Å². The Morgan fingerprint density at radius 3 is 2.67 bits per heavy atom. The van der Waals surface area contributed by atoms with E-state index >= 15 is 0 Å². The van der Waals surface area contributed by atoms with Crippen LogP contribution in [0.4, 0.5) is 5.69 Å². The van der Waals surface area contributed by atoms with Crippen LogP contribution in [0, 0.1) is 5.92 Å². The summed E-state index contributed by atoms with van der Waals surface area (Å²) < 4.78 is 0. The molecule has 0 radical (unpaired) electrons. The van der Waals surface area contributed by atoms with E-state index in [0.717, 1.165) is 10.6 Å². The number of hydrogen-bond donors (Lipinski definition) is 2. The summed E-state index contributed by atoms with van der Waals surface area (Å²) in [6.07, 6.45) is 1.97. The van der Waals surface area contributed by atoms with Crippen LogP contribution >= 0.6 is 35.8 Å². The third-order valence-electron chi connectivity index (χ3n) is 2.38. The molecule has 0 aliphatic carbocycles. The molecule has 2 N–H and O–H groups in total. The third-order valence-corrected chi connectivity index (χ3v) is 3.60. The molecule has 18 heavy (non-hydrogen) atoms. The van der Waals surface area contributed by atoms with Gasteiger partial charge in [-0.1, -0.05) is 18.5 Å². The Morgan fingerprint density at radius 2 is 2.17 bits per heavy atom. The van der Waals surface area contributed by atoms with Crippen LogP contribution in [0.1, 0.15) is 6.92 Å². The molecule has 0 aliphatic heterocycles. The molecule has 1 aromatic rings. The van der Waals surface area contributed by atoms with E-state index in [2.05, 4.69) is 10.6 Å². The molecule has 0 saturated heterocycles. The number of hydrogen-bond acceptors (Lipinski definition) is 3. The highest BCUT2D eigenvalue weighted by Gasteiger charge is 2.12. The second kappa shape index (κ2) is 8.64. The van der Waals surface area contributed by atoms with E-state index in [0.29, 0.717) is 11.6 Å². The van der Waals surface area contributed by atoms with Gasteiger partial charge >= 0.3 is 0 Å². The Bertz CT molecular complexity index is 402. The van der Waals surface area contributed by atoms with Crippen molar-refractivity contribution in [2.75, 3.05) is 25.2 Å². The fourth-order valence-electron chi connectivity index (χ4n) is 1.41. The van der Waals surface area contributed by atoms with Crippen molar-refractivity contribution >= 4 is 47.4 Å². The molecule has 102 valence electrons. The second-order valence-corrected chi connectivity index (χ2v) is 5.05. The van der Waals surface area contributed by atoms with Gasteiger partial charge in [-0.15, -0.1) is 24.2 Å². The molecule has 1 atom stereocenters. The topological polar surface area (TPSA) is 41.1 Å². The Morgan fingerprint density at radius 1 is 1.50 bits per heavy atom. The summed E-state index contributed by atoms with van der Waals surface area (Å²) in [6, 6.07) is 5.55. The number of nitrogens with one attached hydrogen (secondary N) is 2. The summed E-state index contributed by atoms with van der Waals surface area (Å²) >= 11 is 7.65. The van der Waals surface area contributed by atoms with Gasteiger partial charge in [-0.05, 0) is 31.5 Å². The van der Waals surface area contributed by atoms with Crippen molar-refractivity contribution in [3.05, 3.63) is 23.2 Å². The summed E-state index contributed by atoms with van der Waals surface area (Å²) in [7, 11) is 1.83. The van der Waals surface area contributed by atoms with Gasteiger partial charge in [0, 0.05) is 23.0 Å². The van der Waals surface area contributed by atoms with E-state index in [1.165, 1.54) is 0 Å². The molecule has 1 unspecified atom stereocenters. The maximum atomic E-state index is 11.8. The monoisotopic (exact) mass is 308 g/mol. The van der Waals surface area contributed by atoms with Crippen LogP contribution in [0.3, 0.4) is 0 Å². The zero-order chi connectivity index (χ0) is 12.8. The smallest absolute Gasteiger partial charge is 0.228 e. The van der Waals surface area contributed by atoms with Crippen LogP contribution in [0.25, 0.3) is 0 Å². The van der Waals surface area contributed by atoms with Crippen molar-refractivity contribution in [1.82, 2.24) is 5.32 Å². The van der Waals surface area contributed by atoms with Crippen LogP contribution in [-0.2, 0) is 4.79 Å². The fourth-order valence-corrected chi connectivity index (χ4v) is 2.28. The SMILES string of the molecule is CNCC(C)C(=O)Nc1ccc(SC)c(Cl)c1.Cl. The predicted molar refractivity (Wildman–Crippen MR) is 82.2 cm³/mol. The Labute approximate surface area is 123 Å². The maximum absolute atomic E-state index is 11.8. The van der Waals surface area contributed by atoms with Crippen molar-refractivity contribution in [3.8, 4) is 0 Å². The number of anilines is 1. The summed E-state index contributed by atoms with van der Waals surface area (Å²) in [5, 5.41) is 6.48. The van der Waals surface area contributed by atoms with Crippen LogP contribution in [0.15, 0.2) is 23.1 Å². The molecule has 1 rings (SSSR count). The van der Waals surface area contributed by atoms with E-state index in [9.17, 15) is 4.79 Å². The van der Waals surface area contributed by atoms with Gasteiger partial charge in [0.1, 0.15) is 0 Å². The summed E-state index contributed by atoms with van der Waals surface area (Å²) in [6.45, 7) is 2.53. The van der Waals surface area contributed by atoms with Crippen LogP contribution in [0.5, 0.6) is 0 Å². The average Bonchev–Trinajstić information content (AvgIpc) is 2.29. The molecule has 1 amide bonds. The molecule has 6 heteroatoms. The molecule has 0 bridgehead atoms. The number of halogens is 2. The minimum atomic E-state index is -0.0704. The predicted octanol–water partition coefficient (Wildman–Crippen LogP) is 3.28. The number of rotatable bonds is 5. The lowest BCUT2D eigenvalue weighted by Gasteiger charge is -2.12. The number of thioether (sulfide) groups is 1. The van der Waals surface area contributed by atoms with Crippen LogP contribution in [-0.4, -0.2) is 25.8 Å². The van der Waals surface area contributed by atoms with E-state index in [-0.39, 0.29) is 24.2 Å². The molecule has 0 heterocycles. The minimum absolute atomic E-state index is 0.